The molecule has 9 heteroatoms. The van der Waals surface area contributed by atoms with Crippen LogP contribution in [0.2, 0.25) is 0 Å². The molecule has 2 heterocycles. The zero-order valence-electron chi connectivity index (χ0n) is 18.1. The van der Waals surface area contributed by atoms with E-state index in [9.17, 15) is 18.0 Å². The predicted octanol–water partition coefficient (Wildman–Crippen LogP) is 5.50. The van der Waals surface area contributed by atoms with Gasteiger partial charge in [0.05, 0.1) is 35.0 Å². The van der Waals surface area contributed by atoms with Crippen LogP contribution < -0.4 is 4.74 Å². The number of hydrogen-bond acceptors (Lipinski definition) is 5. The molecule has 0 aliphatic rings. The molecule has 6 nitrogen and oxygen atoms in total. The summed E-state index contributed by atoms with van der Waals surface area (Å²) in [5, 5.41) is 4.23. The second-order valence-corrected chi connectivity index (χ2v) is 7.56. The van der Waals surface area contributed by atoms with Crippen molar-refractivity contribution in [1.29, 1.82) is 0 Å². The average Bonchev–Trinajstić information content (AvgIpc) is 3.18. The summed E-state index contributed by atoms with van der Waals surface area (Å²) in [5.41, 5.74) is 0.444. The largest absolute Gasteiger partial charge is 0.497 e. The maximum Gasteiger partial charge on any atom is 0.417 e. The lowest BCUT2D eigenvalue weighted by Crippen LogP contribution is -2.26. The average molecular weight is 455 g/mol. The Hall–Kier alpha value is -3.88. The van der Waals surface area contributed by atoms with Crippen LogP contribution in [0.3, 0.4) is 0 Å². The highest BCUT2D eigenvalue weighted by Gasteiger charge is 2.34. The Kier molecular flexibility index (Phi) is 5.80. The second kappa shape index (κ2) is 8.57. The molecule has 2 aromatic heterocycles. The number of methoxy groups -OCH3 is 1. The van der Waals surface area contributed by atoms with Crippen LogP contribution in [-0.4, -0.2) is 35.1 Å². The number of alkyl halides is 3. The fourth-order valence-corrected chi connectivity index (χ4v) is 3.64. The number of carbonyl (C=O) groups excluding carboxylic acids is 1. The van der Waals surface area contributed by atoms with E-state index in [1.807, 2.05) is 12.1 Å². The van der Waals surface area contributed by atoms with Crippen molar-refractivity contribution in [2.24, 2.45) is 0 Å². The van der Waals surface area contributed by atoms with Gasteiger partial charge in [0.25, 0.3) is 11.6 Å². The fourth-order valence-electron chi connectivity index (χ4n) is 3.64. The lowest BCUT2D eigenvalue weighted by Gasteiger charge is -2.19. The number of pyridine rings is 1. The number of rotatable bonds is 5. The zero-order valence-corrected chi connectivity index (χ0v) is 18.1. The molecule has 0 aliphatic heterocycles. The molecule has 0 bridgehead atoms. The molecule has 1 amide bonds. The van der Waals surface area contributed by atoms with Crippen molar-refractivity contribution >= 4 is 17.0 Å². The third-order valence-corrected chi connectivity index (χ3v) is 5.28. The molecule has 0 saturated carbocycles. The van der Waals surface area contributed by atoms with Gasteiger partial charge in [-0.3, -0.25) is 4.79 Å². The van der Waals surface area contributed by atoms with Crippen LogP contribution in [0.5, 0.6) is 5.75 Å². The van der Waals surface area contributed by atoms with Crippen LogP contribution in [-0.2, 0) is 12.7 Å². The zero-order chi connectivity index (χ0) is 23.8. The van der Waals surface area contributed by atoms with Gasteiger partial charge in [-0.25, -0.2) is 4.98 Å². The summed E-state index contributed by atoms with van der Waals surface area (Å²) in [6.45, 7) is 1.93. The number of aryl methyl sites for hydroxylation is 1. The first-order valence-corrected chi connectivity index (χ1v) is 10.0. The highest BCUT2D eigenvalue weighted by atomic mass is 19.4. The second-order valence-electron chi connectivity index (χ2n) is 7.56. The molecule has 0 radical (unpaired) electrons. The van der Waals surface area contributed by atoms with E-state index in [1.165, 1.54) is 29.2 Å². The molecule has 4 rings (SSSR count). The van der Waals surface area contributed by atoms with Crippen molar-refractivity contribution in [2.75, 3.05) is 14.2 Å². The van der Waals surface area contributed by atoms with Crippen molar-refractivity contribution in [2.45, 2.75) is 19.6 Å². The Labute approximate surface area is 187 Å². The summed E-state index contributed by atoms with van der Waals surface area (Å²) >= 11 is 0. The first-order chi connectivity index (χ1) is 15.7. The predicted molar refractivity (Wildman–Crippen MR) is 116 cm³/mol. The number of carbonyl (C=O) groups is 1. The Morgan fingerprint density at radius 1 is 1.12 bits per heavy atom. The summed E-state index contributed by atoms with van der Waals surface area (Å²) in [4.78, 5) is 19.1. The molecule has 0 atom stereocenters. The Morgan fingerprint density at radius 3 is 2.48 bits per heavy atom. The standard InChI is InChI=1S/C24H20F3N3O3/c1-14-21-18(23(31)30(2)13-15-8-10-16(32-3)11-9-15)12-20(28-22(21)33-29-14)17-6-4-5-7-19(17)24(25,26)27/h4-12H,13H2,1-3H3. The number of hydrogen-bond donors (Lipinski definition) is 0. The number of nitrogens with zero attached hydrogens (tertiary/aromatic N) is 3. The van der Waals surface area contributed by atoms with E-state index in [0.717, 1.165) is 11.6 Å². The number of fused-ring (bicyclic) bond motifs is 1. The van der Waals surface area contributed by atoms with Crippen molar-refractivity contribution in [3.8, 4) is 17.0 Å². The third-order valence-electron chi connectivity index (χ3n) is 5.28. The van der Waals surface area contributed by atoms with E-state index in [2.05, 4.69) is 10.1 Å². The summed E-state index contributed by atoms with van der Waals surface area (Å²) in [7, 11) is 3.18. The first kappa shape index (κ1) is 22.3. The lowest BCUT2D eigenvalue weighted by atomic mass is 10.0. The van der Waals surface area contributed by atoms with Crippen LogP contribution in [0.4, 0.5) is 13.2 Å². The Morgan fingerprint density at radius 2 is 1.82 bits per heavy atom. The molecule has 4 aromatic rings. The van der Waals surface area contributed by atoms with E-state index in [-0.39, 0.29) is 29.1 Å². The molecule has 0 fully saturated rings. The number of ether oxygens (including phenoxy) is 1. The van der Waals surface area contributed by atoms with Crippen LogP contribution >= 0.6 is 0 Å². The normalized spacial score (nSPS) is 11.6. The van der Waals surface area contributed by atoms with Gasteiger partial charge in [-0.2, -0.15) is 13.2 Å². The molecule has 2 aromatic carbocycles. The van der Waals surface area contributed by atoms with Crippen LogP contribution in [0.25, 0.3) is 22.4 Å². The minimum atomic E-state index is -4.58. The molecule has 0 saturated heterocycles. The van der Waals surface area contributed by atoms with Crippen LogP contribution in [0.15, 0.2) is 59.1 Å². The highest BCUT2D eigenvalue weighted by Crippen LogP contribution is 2.37. The van der Waals surface area contributed by atoms with Crippen LogP contribution in [0, 0.1) is 6.92 Å². The molecule has 0 spiro atoms. The van der Waals surface area contributed by atoms with Gasteiger partial charge in [-0.15, -0.1) is 0 Å². The molecule has 0 aliphatic carbocycles. The maximum absolute atomic E-state index is 13.6. The van der Waals surface area contributed by atoms with Gasteiger partial charge in [0, 0.05) is 19.2 Å². The van der Waals surface area contributed by atoms with Crippen molar-refractivity contribution in [3.63, 3.8) is 0 Å². The molecular formula is C24H20F3N3O3. The number of benzene rings is 2. The fraction of sp³-hybridized carbons (Fsp3) is 0.208. The quantitative estimate of drug-likeness (QED) is 0.398. The number of halogens is 3. The summed E-state index contributed by atoms with van der Waals surface area (Å²) in [6, 6.07) is 13.7. The monoisotopic (exact) mass is 455 g/mol. The van der Waals surface area contributed by atoms with E-state index in [0.29, 0.717) is 16.8 Å². The van der Waals surface area contributed by atoms with Gasteiger partial charge in [-0.05, 0) is 36.8 Å². The lowest BCUT2D eigenvalue weighted by molar-refractivity contribution is -0.137. The molecule has 33 heavy (non-hydrogen) atoms. The maximum atomic E-state index is 13.6. The van der Waals surface area contributed by atoms with Crippen molar-refractivity contribution in [3.05, 3.63) is 77.0 Å². The summed E-state index contributed by atoms with van der Waals surface area (Å²) in [5.74, 6) is 0.298. The topological polar surface area (TPSA) is 68.5 Å². The van der Waals surface area contributed by atoms with Gasteiger partial charge in [0.15, 0.2) is 0 Å². The van der Waals surface area contributed by atoms with Gasteiger partial charge in [0.1, 0.15) is 5.75 Å². The van der Waals surface area contributed by atoms with Gasteiger partial charge < -0.3 is 14.2 Å². The van der Waals surface area contributed by atoms with Crippen LogP contribution in [0.1, 0.15) is 27.2 Å². The molecule has 170 valence electrons. The van der Waals surface area contributed by atoms with E-state index in [4.69, 9.17) is 9.26 Å². The minimum absolute atomic E-state index is 0.00294. The van der Waals surface area contributed by atoms with Crippen molar-refractivity contribution in [1.82, 2.24) is 15.0 Å². The highest BCUT2D eigenvalue weighted by molar-refractivity contribution is 6.07. The van der Waals surface area contributed by atoms with Gasteiger partial charge in [0.2, 0.25) is 0 Å². The molecular weight excluding hydrogens is 435 g/mol. The number of aromatic nitrogens is 2. The first-order valence-electron chi connectivity index (χ1n) is 10.0. The van der Waals surface area contributed by atoms with Gasteiger partial charge in [-0.1, -0.05) is 35.5 Å². The summed E-state index contributed by atoms with van der Waals surface area (Å²) < 4.78 is 51.1. The van der Waals surface area contributed by atoms with E-state index in [1.54, 1.807) is 33.2 Å². The third kappa shape index (κ3) is 4.39. The summed E-state index contributed by atoms with van der Waals surface area (Å²) in [6.07, 6.45) is -4.58. The minimum Gasteiger partial charge on any atom is -0.497 e. The van der Waals surface area contributed by atoms with Crippen molar-refractivity contribution < 1.29 is 27.2 Å². The molecule has 0 N–H and O–H groups in total. The SMILES string of the molecule is COc1ccc(CN(C)C(=O)c2cc(-c3ccccc3C(F)(F)F)nc3onc(C)c23)cc1. The Balaban J connectivity index is 1.77. The Bertz CT molecular complexity index is 1310. The molecule has 0 unspecified atom stereocenters. The smallest absolute Gasteiger partial charge is 0.417 e. The van der Waals surface area contributed by atoms with E-state index >= 15 is 0 Å². The number of amides is 1. The van der Waals surface area contributed by atoms with E-state index < -0.39 is 17.6 Å². The van der Waals surface area contributed by atoms with Gasteiger partial charge >= 0.3 is 6.18 Å².